The topological polar surface area (TPSA) is 41.6 Å². The number of carbonyl (C=O) groups excluding carboxylic acids is 1. The van der Waals surface area contributed by atoms with Crippen LogP contribution in [0.3, 0.4) is 0 Å². The monoisotopic (exact) mass is 298 g/mol. The molecule has 0 bridgehead atoms. The van der Waals surface area contributed by atoms with Crippen molar-refractivity contribution in [3.63, 3.8) is 0 Å². The van der Waals surface area contributed by atoms with Gasteiger partial charge in [0.15, 0.2) is 0 Å². The van der Waals surface area contributed by atoms with Gasteiger partial charge in [0.1, 0.15) is 12.4 Å². The normalized spacial score (nSPS) is 11.2. The number of benzene rings is 1. The summed E-state index contributed by atoms with van der Waals surface area (Å²) in [7, 11) is 1.77. The Kier molecular flexibility index (Phi) is 6.30. The van der Waals surface area contributed by atoms with Crippen molar-refractivity contribution in [2.24, 2.45) is 0 Å². The number of likely N-dealkylation sites (N-methyl/N-ethyl adjacent to an activating group) is 1. The van der Waals surface area contributed by atoms with Gasteiger partial charge in [0.25, 0.3) is 0 Å². The van der Waals surface area contributed by atoms with Crippen LogP contribution < -0.4 is 10.1 Å². The third-order valence-electron chi connectivity index (χ3n) is 2.72. The predicted molar refractivity (Wildman–Crippen MR) is 82.3 cm³/mol. The van der Waals surface area contributed by atoms with Crippen LogP contribution >= 0.6 is 11.6 Å². The second-order valence-electron chi connectivity index (χ2n) is 5.70. The first-order chi connectivity index (χ1) is 9.29. The van der Waals surface area contributed by atoms with Crippen molar-refractivity contribution < 1.29 is 9.53 Å². The first-order valence-corrected chi connectivity index (χ1v) is 7.04. The van der Waals surface area contributed by atoms with Crippen LogP contribution in [0.25, 0.3) is 0 Å². The maximum Gasteiger partial charge on any atom is 0.236 e. The second-order valence-corrected chi connectivity index (χ2v) is 6.10. The minimum Gasteiger partial charge on any atom is -0.490 e. The number of para-hydroxylation sites is 1. The maximum atomic E-state index is 11.9. The van der Waals surface area contributed by atoms with Gasteiger partial charge < -0.3 is 15.0 Å². The number of halogens is 1. The Morgan fingerprint density at radius 3 is 2.60 bits per heavy atom. The average Bonchev–Trinajstić information content (AvgIpc) is 2.37. The molecule has 20 heavy (non-hydrogen) atoms. The number of nitrogens with zero attached hydrogens (tertiary/aromatic N) is 1. The van der Waals surface area contributed by atoms with Crippen molar-refractivity contribution in [2.75, 3.05) is 26.7 Å². The molecule has 1 N–H and O–H groups in total. The fourth-order valence-electron chi connectivity index (χ4n) is 1.45. The van der Waals surface area contributed by atoms with Crippen molar-refractivity contribution in [1.29, 1.82) is 0 Å². The zero-order valence-corrected chi connectivity index (χ0v) is 13.3. The van der Waals surface area contributed by atoms with E-state index < -0.39 is 0 Å². The molecule has 1 rings (SSSR count). The molecule has 0 radical (unpaired) electrons. The molecule has 1 aromatic carbocycles. The second kappa shape index (κ2) is 7.50. The van der Waals surface area contributed by atoms with Crippen LogP contribution in [0.15, 0.2) is 24.3 Å². The van der Waals surface area contributed by atoms with Gasteiger partial charge in [-0.25, -0.2) is 0 Å². The number of hydrogen-bond donors (Lipinski definition) is 1. The van der Waals surface area contributed by atoms with E-state index in [4.69, 9.17) is 16.3 Å². The lowest BCUT2D eigenvalue weighted by Crippen LogP contribution is -2.44. The molecule has 4 nitrogen and oxygen atoms in total. The number of nitrogens with one attached hydrogen (secondary N) is 1. The molecule has 0 aliphatic rings. The molecule has 0 heterocycles. The Balaban J connectivity index is 2.31. The number of amides is 1. The fourth-order valence-corrected chi connectivity index (χ4v) is 1.65. The Morgan fingerprint density at radius 2 is 2.00 bits per heavy atom. The van der Waals surface area contributed by atoms with Gasteiger partial charge in [0.05, 0.1) is 18.1 Å². The van der Waals surface area contributed by atoms with Crippen molar-refractivity contribution >= 4 is 17.5 Å². The molecule has 1 aromatic rings. The summed E-state index contributed by atoms with van der Waals surface area (Å²) in [6.45, 7) is 7.35. The van der Waals surface area contributed by atoms with Crippen molar-refractivity contribution in [3.8, 4) is 5.75 Å². The number of hydrogen-bond acceptors (Lipinski definition) is 3. The summed E-state index contributed by atoms with van der Waals surface area (Å²) in [5.74, 6) is 0.686. The SMILES string of the molecule is CN(CCOc1ccccc1Cl)C(=O)CNC(C)(C)C. The summed E-state index contributed by atoms with van der Waals surface area (Å²) < 4.78 is 5.56. The molecular weight excluding hydrogens is 276 g/mol. The summed E-state index contributed by atoms with van der Waals surface area (Å²) >= 11 is 5.99. The maximum absolute atomic E-state index is 11.9. The molecule has 0 fully saturated rings. The molecule has 0 saturated heterocycles. The minimum absolute atomic E-state index is 0.0442. The van der Waals surface area contributed by atoms with E-state index in [2.05, 4.69) is 5.32 Å². The van der Waals surface area contributed by atoms with Gasteiger partial charge in [-0.3, -0.25) is 4.79 Å². The molecule has 1 amide bonds. The van der Waals surface area contributed by atoms with Gasteiger partial charge in [-0.15, -0.1) is 0 Å². The molecule has 5 heteroatoms. The van der Waals surface area contributed by atoms with Crippen LogP contribution in [0.2, 0.25) is 5.02 Å². The summed E-state index contributed by atoms with van der Waals surface area (Å²) in [6.07, 6.45) is 0. The smallest absolute Gasteiger partial charge is 0.236 e. The molecule has 0 aliphatic carbocycles. The molecule has 112 valence electrons. The van der Waals surface area contributed by atoms with Gasteiger partial charge in [0, 0.05) is 12.6 Å². The largest absolute Gasteiger partial charge is 0.490 e. The lowest BCUT2D eigenvalue weighted by atomic mass is 10.1. The summed E-state index contributed by atoms with van der Waals surface area (Å²) in [5, 5.41) is 3.75. The van der Waals surface area contributed by atoms with E-state index >= 15 is 0 Å². The van der Waals surface area contributed by atoms with Crippen LogP contribution in [0.1, 0.15) is 20.8 Å². The van der Waals surface area contributed by atoms with Crippen LogP contribution in [-0.2, 0) is 4.79 Å². The van der Waals surface area contributed by atoms with Gasteiger partial charge in [-0.2, -0.15) is 0 Å². The lowest BCUT2D eigenvalue weighted by molar-refractivity contribution is -0.129. The predicted octanol–water partition coefficient (Wildman–Crippen LogP) is 2.57. The van der Waals surface area contributed by atoms with Crippen molar-refractivity contribution in [3.05, 3.63) is 29.3 Å². The third-order valence-corrected chi connectivity index (χ3v) is 3.03. The highest BCUT2D eigenvalue weighted by molar-refractivity contribution is 6.32. The van der Waals surface area contributed by atoms with E-state index in [1.807, 2.05) is 39.0 Å². The molecule has 0 atom stereocenters. The molecule has 0 saturated carbocycles. The van der Waals surface area contributed by atoms with Crippen LogP contribution in [0, 0.1) is 0 Å². The number of carbonyl (C=O) groups is 1. The van der Waals surface area contributed by atoms with E-state index in [0.717, 1.165) is 0 Å². The van der Waals surface area contributed by atoms with E-state index in [1.54, 1.807) is 18.0 Å². The Morgan fingerprint density at radius 1 is 1.35 bits per heavy atom. The first-order valence-electron chi connectivity index (χ1n) is 6.66. The summed E-state index contributed by atoms with van der Waals surface area (Å²) in [5.41, 5.74) is -0.0649. The van der Waals surface area contributed by atoms with Crippen LogP contribution in [-0.4, -0.2) is 43.1 Å². The third kappa shape index (κ3) is 6.26. The molecule has 0 spiro atoms. The first kappa shape index (κ1) is 16.8. The number of rotatable bonds is 6. The minimum atomic E-state index is -0.0649. The Labute approximate surface area is 126 Å². The van der Waals surface area contributed by atoms with Crippen molar-refractivity contribution in [1.82, 2.24) is 10.2 Å². The number of ether oxygens (including phenoxy) is 1. The summed E-state index contributed by atoms with van der Waals surface area (Å²) in [4.78, 5) is 13.5. The van der Waals surface area contributed by atoms with Gasteiger partial charge >= 0.3 is 0 Å². The van der Waals surface area contributed by atoms with Gasteiger partial charge in [0.2, 0.25) is 5.91 Å². The van der Waals surface area contributed by atoms with Crippen molar-refractivity contribution in [2.45, 2.75) is 26.3 Å². The van der Waals surface area contributed by atoms with E-state index in [9.17, 15) is 4.79 Å². The zero-order chi connectivity index (χ0) is 15.2. The lowest BCUT2D eigenvalue weighted by Gasteiger charge is -2.23. The quantitative estimate of drug-likeness (QED) is 0.877. The molecule has 0 unspecified atom stereocenters. The zero-order valence-electron chi connectivity index (χ0n) is 12.6. The standard InChI is InChI=1S/C15H23ClN2O2/c1-15(2,3)17-11-14(19)18(4)9-10-20-13-8-6-5-7-12(13)16/h5-8,17H,9-11H2,1-4H3. The molecule has 0 aliphatic heterocycles. The summed E-state index contributed by atoms with van der Waals surface area (Å²) in [6, 6.07) is 7.30. The molecule has 0 aromatic heterocycles. The van der Waals surface area contributed by atoms with Crippen LogP contribution in [0.4, 0.5) is 0 Å². The highest BCUT2D eigenvalue weighted by Crippen LogP contribution is 2.22. The Hall–Kier alpha value is -1.26. The molecular formula is C15H23ClN2O2. The van der Waals surface area contributed by atoms with E-state index in [1.165, 1.54) is 0 Å². The fraction of sp³-hybridized carbons (Fsp3) is 0.533. The van der Waals surface area contributed by atoms with Crippen LogP contribution in [0.5, 0.6) is 5.75 Å². The Bertz CT molecular complexity index is 444. The van der Waals surface area contributed by atoms with E-state index in [0.29, 0.717) is 30.5 Å². The van der Waals surface area contributed by atoms with Gasteiger partial charge in [-0.05, 0) is 32.9 Å². The average molecular weight is 299 g/mol. The highest BCUT2D eigenvalue weighted by atomic mass is 35.5. The van der Waals surface area contributed by atoms with Gasteiger partial charge in [-0.1, -0.05) is 23.7 Å². The highest BCUT2D eigenvalue weighted by Gasteiger charge is 2.14. The van der Waals surface area contributed by atoms with E-state index in [-0.39, 0.29) is 11.4 Å².